The quantitative estimate of drug-likeness (QED) is 0.169. The molecule has 0 bridgehead atoms. The Balaban J connectivity index is 4.57. The molecule has 0 aliphatic heterocycles. The van der Waals surface area contributed by atoms with Gasteiger partial charge in [-0.3, -0.25) is 15.6 Å². The Morgan fingerprint density at radius 1 is 1.31 bits per heavy atom. The summed E-state index contributed by atoms with van der Waals surface area (Å²) in [4.78, 5) is 10.7. The van der Waals surface area contributed by atoms with Crippen molar-refractivity contribution in [3.63, 3.8) is 0 Å². The molecule has 0 saturated carbocycles. The summed E-state index contributed by atoms with van der Waals surface area (Å²) in [7, 11) is 0. The Kier molecular flexibility index (Phi) is 6.50. The van der Waals surface area contributed by atoms with Gasteiger partial charge < -0.3 is 11.5 Å². The second-order valence-corrected chi connectivity index (χ2v) is 3.25. The van der Waals surface area contributed by atoms with Crippen LogP contribution < -0.4 is 11.5 Å². The minimum absolute atomic E-state index is 0.235. The molecule has 0 radical (unpaired) electrons. The van der Waals surface area contributed by atoms with Crippen molar-refractivity contribution >= 4 is 23.9 Å². The minimum Gasteiger partial charge on any atom is -0.368 e. The topological polar surface area (TPSA) is 132 Å². The number of unbranched alkanes of at least 4 members (excludes halogenated alkanes) is 2. The predicted molar refractivity (Wildman–Crippen MR) is 63.3 cm³/mol. The van der Waals surface area contributed by atoms with Gasteiger partial charge in [0.1, 0.15) is 5.71 Å². The van der Waals surface area contributed by atoms with Crippen LogP contribution in [0.15, 0.2) is 5.10 Å². The Morgan fingerprint density at radius 2 is 1.88 bits per heavy atom. The van der Waals surface area contributed by atoms with Gasteiger partial charge in [0.15, 0.2) is 6.29 Å². The number of hydrazone groups is 1. The van der Waals surface area contributed by atoms with Gasteiger partial charge in [0, 0.05) is 0 Å². The summed E-state index contributed by atoms with van der Waals surface area (Å²) in [6.45, 7) is 2.05. The van der Waals surface area contributed by atoms with E-state index in [9.17, 15) is 4.79 Å². The molecule has 0 saturated heterocycles. The lowest BCUT2D eigenvalue weighted by Gasteiger charge is -2.14. The van der Waals surface area contributed by atoms with E-state index in [0.29, 0.717) is 12.7 Å². The number of aldehydes is 1. The van der Waals surface area contributed by atoms with Crippen molar-refractivity contribution in [1.82, 2.24) is 5.01 Å². The Morgan fingerprint density at radius 3 is 2.25 bits per heavy atom. The van der Waals surface area contributed by atoms with E-state index < -0.39 is 11.9 Å². The van der Waals surface area contributed by atoms with Crippen molar-refractivity contribution in [2.24, 2.45) is 16.6 Å². The summed E-state index contributed by atoms with van der Waals surface area (Å²) < 4.78 is 0. The zero-order chi connectivity index (χ0) is 12.6. The van der Waals surface area contributed by atoms with Gasteiger partial charge in [-0.05, 0) is 12.8 Å². The first-order valence-electron chi connectivity index (χ1n) is 5.03. The van der Waals surface area contributed by atoms with E-state index in [2.05, 4.69) is 12.0 Å². The van der Waals surface area contributed by atoms with Gasteiger partial charge in [-0.2, -0.15) is 10.1 Å². The number of nitrogens with two attached hydrogens (primary N) is 2. The highest BCUT2D eigenvalue weighted by molar-refractivity contribution is 6.28. The number of nitrogens with one attached hydrogen (secondary N) is 2. The molecule has 0 unspecified atom stereocenters. The molecule has 7 heteroatoms. The van der Waals surface area contributed by atoms with Gasteiger partial charge in [-0.15, -0.1) is 0 Å². The van der Waals surface area contributed by atoms with E-state index in [-0.39, 0.29) is 5.71 Å². The molecule has 0 aromatic rings. The van der Waals surface area contributed by atoms with E-state index in [4.69, 9.17) is 22.3 Å². The van der Waals surface area contributed by atoms with Crippen LogP contribution >= 0.6 is 0 Å². The molecule has 0 rings (SSSR count). The standard InChI is InChI=1S/C9H18N6O/c1-2-3-4-5-7(6-16)14-15(8(10)11)9(12)13/h6H,2-5H2,1H3,(H3,10,11)(H3,12,13)/b14-7+. The second-order valence-electron chi connectivity index (χ2n) is 3.25. The fraction of sp³-hybridized carbons (Fsp3) is 0.556. The fourth-order valence-corrected chi connectivity index (χ4v) is 1.05. The molecule has 0 amide bonds. The maximum absolute atomic E-state index is 10.7. The predicted octanol–water partition coefficient (Wildman–Crippen LogP) is 0.211. The first kappa shape index (κ1) is 14.1. The lowest BCUT2D eigenvalue weighted by molar-refractivity contribution is -0.102. The average molecular weight is 226 g/mol. The molecule has 0 aromatic heterocycles. The molecular formula is C9H18N6O. The van der Waals surface area contributed by atoms with Gasteiger partial charge in [0.2, 0.25) is 11.9 Å². The van der Waals surface area contributed by atoms with Crippen LogP contribution in [-0.2, 0) is 4.79 Å². The van der Waals surface area contributed by atoms with Crippen molar-refractivity contribution in [3.05, 3.63) is 0 Å². The summed E-state index contributed by atoms with van der Waals surface area (Å²) in [6.07, 6.45) is 3.95. The van der Waals surface area contributed by atoms with Crippen molar-refractivity contribution in [1.29, 1.82) is 10.8 Å². The molecule has 7 nitrogen and oxygen atoms in total. The number of hydrogen-bond acceptors (Lipinski definition) is 4. The zero-order valence-corrected chi connectivity index (χ0v) is 9.36. The molecule has 0 aromatic carbocycles. The number of hydrogen-bond donors (Lipinski definition) is 4. The third kappa shape index (κ3) is 5.08. The van der Waals surface area contributed by atoms with Gasteiger partial charge in [0.25, 0.3) is 0 Å². The molecule has 0 aliphatic rings. The first-order valence-corrected chi connectivity index (χ1v) is 5.03. The smallest absolute Gasteiger partial charge is 0.216 e. The maximum Gasteiger partial charge on any atom is 0.216 e. The molecule has 0 spiro atoms. The summed E-state index contributed by atoms with van der Waals surface area (Å²) in [6, 6.07) is 0. The molecule has 90 valence electrons. The van der Waals surface area contributed by atoms with Gasteiger partial charge in [-0.1, -0.05) is 19.8 Å². The van der Waals surface area contributed by atoms with Crippen LogP contribution in [0.4, 0.5) is 0 Å². The van der Waals surface area contributed by atoms with Crippen LogP contribution in [0.1, 0.15) is 32.6 Å². The third-order valence-corrected chi connectivity index (χ3v) is 1.86. The van der Waals surface area contributed by atoms with Crippen LogP contribution in [0.5, 0.6) is 0 Å². The van der Waals surface area contributed by atoms with Gasteiger partial charge >= 0.3 is 0 Å². The first-order chi connectivity index (χ1) is 7.52. The van der Waals surface area contributed by atoms with Crippen LogP contribution in [0, 0.1) is 10.8 Å². The molecule has 0 fully saturated rings. The Bertz CT molecular complexity index is 284. The normalized spacial score (nSPS) is 10.9. The zero-order valence-electron chi connectivity index (χ0n) is 9.36. The number of nitrogens with zero attached hydrogens (tertiary/aromatic N) is 2. The lowest BCUT2D eigenvalue weighted by Crippen LogP contribution is -2.42. The molecule has 0 aliphatic carbocycles. The number of carbonyl (C=O) groups excluding carboxylic acids is 1. The van der Waals surface area contributed by atoms with Crippen LogP contribution in [0.2, 0.25) is 0 Å². The van der Waals surface area contributed by atoms with E-state index >= 15 is 0 Å². The van der Waals surface area contributed by atoms with Gasteiger partial charge in [-0.25, -0.2) is 0 Å². The average Bonchev–Trinajstić information content (AvgIpc) is 2.22. The lowest BCUT2D eigenvalue weighted by atomic mass is 10.1. The highest BCUT2D eigenvalue weighted by Gasteiger charge is 2.09. The monoisotopic (exact) mass is 226 g/mol. The molecule has 16 heavy (non-hydrogen) atoms. The van der Waals surface area contributed by atoms with Crippen LogP contribution in [0.3, 0.4) is 0 Å². The molecule has 0 heterocycles. The minimum atomic E-state index is -0.484. The summed E-state index contributed by atoms with van der Waals surface area (Å²) in [5.74, 6) is -0.968. The summed E-state index contributed by atoms with van der Waals surface area (Å²) in [5, 5.41) is 18.7. The number of guanidine groups is 2. The Labute approximate surface area is 94.5 Å². The maximum atomic E-state index is 10.7. The van der Waals surface area contributed by atoms with Crippen molar-refractivity contribution < 1.29 is 4.79 Å². The summed E-state index contributed by atoms with van der Waals surface area (Å²) >= 11 is 0. The fourth-order valence-electron chi connectivity index (χ4n) is 1.05. The van der Waals surface area contributed by atoms with Crippen LogP contribution in [-0.4, -0.2) is 28.9 Å². The van der Waals surface area contributed by atoms with E-state index in [0.717, 1.165) is 24.3 Å². The van der Waals surface area contributed by atoms with Crippen LogP contribution in [0.25, 0.3) is 0 Å². The number of carbonyl (C=O) groups is 1. The Hall–Kier alpha value is -1.92. The SMILES string of the molecule is CCCCC/C(C=O)=N\N(C(=N)N)C(=N)N. The van der Waals surface area contributed by atoms with Crippen molar-refractivity contribution in [2.45, 2.75) is 32.6 Å². The van der Waals surface area contributed by atoms with E-state index in [1.165, 1.54) is 0 Å². The third-order valence-electron chi connectivity index (χ3n) is 1.86. The van der Waals surface area contributed by atoms with Gasteiger partial charge in [0.05, 0.1) is 0 Å². The second kappa shape index (κ2) is 7.38. The molecule has 0 atom stereocenters. The van der Waals surface area contributed by atoms with E-state index in [1.54, 1.807) is 0 Å². The van der Waals surface area contributed by atoms with E-state index in [1.807, 2.05) is 0 Å². The highest BCUT2D eigenvalue weighted by atomic mass is 16.1. The molecule has 6 N–H and O–H groups in total. The molecular weight excluding hydrogens is 208 g/mol. The highest BCUT2D eigenvalue weighted by Crippen LogP contribution is 2.01. The van der Waals surface area contributed by atoms with Crippen molar-refractivity contribution in [2.75, 3.05) is 0 Å². The largest absolute Gasteiger partial charge is 0.368 e. The van der Waals surface area contributed by atoms with Crippen molar-refractivity contribution in [3.8, 4) is 0 Å². The number of rotatable bonds is 6. The summed E-state index contributed by atoms with van der Waals surface area (Å²) in [5.41, 5.74) is 10.6.